The van der Waals surface area contributed by atoms with Crippen molar-refractivity contribution in [3.63, 3.8) is 0 Å². The Hall–Kier alpha value is -0.900. The van der Waals surface area contributed by atoms with Gasteiger partial charge in [0.25, 0.3) is 0 Å². The molecule has 2 aliphatic rings. The second-order valence-corrected chi connectivity index (χ2v) is 5.01. The molecule has 0 spiro atoms. The predicted molar refractivity (Wildman–Crippen MR) is 55.8 cm³/mol. The maximum atomic E-state index is 11.9. The minimum Gasteiger partial charge on any atom is -0.328 e. The minimum absolute atomic E-state index is 0.0418. The van der Waals surface area contributed by atoms with Crippen molar-refractivity contribution < 1.29 is 9.59 Å². The number of carbonyl (C=O) groups is 2. The van der Waals surface area contributed by atoms with E-state index in [1.165, 1.54) is 4.90 Å². The van der Waals surface area contributed by atoms with Crippen molar-refractivity contribution in [3.05, 3.63) is 0 Å². The van der Waals surface area contributed by atoms with E-state index in [4.69, 9.17) is 5.73 Å². The van der Waals surface area contributed by atoms with Gasteiger partial charge in [0.15, 0.2) is 0 Å². The first kappa shape index (κ1) is 10.6. The lowest BCUT2D eigenvalue weighted by molar-refractivity contribution is -0.146. The second-order valence-electron chi connectivity index (χ2n) is 5.01. The fourth-order valence-electron chi connectivity index (χ4n) is 2.47. The van der Waals surface area contributed by atoms with Crippen molar-refractivity contribution in [2.75, 3.05) is 6.54 Å². The summed E-state index contributed by atoms with van der Waals surface area (Å²) in [6, 6.07) is 0. The summed E-state index contributed by atoms with van der Waals surface area (Å²) in [4.78, 5) is 25.1. The van der Waals surface area contributed by atoms with Crippen molar-refractivity contribution in [1.29, 1.82) is 0 Å². The summed E-state index contributed by atoms with van der Waals surface area (Å²) in [5, 5.41) is 0. The molecule has 2 rings (SSSR count). The normalized spacial score (nSPS) is 30.9. The Balaban J connectivity index is 2.28. The van der Waals surface area contributed by atoms with Gasteiger partial charge in [0.2, 0.25) is 11.8 Å². The first-order valence-electron chi connectivity index (χ1n) is 5.57. The van der Waals surface area contributed by atoms with Gasteiger partial charge in [-0.3, -0.25) is 14.5 Å². The highest BCUT2D eigenvalue weighted by atomic mass is 16.2. The van der Waals surface area contributed by atoms with E-state index in [1.54, 1.807) is 0 Å². The van der Waals surface area contributed by atoms with E-state index in [0.717, 1.165) is 12.8 Å². The molecule has 2 atom stereocenters. The Morgan fingerprint density at radius 2 is 2.07 bits per heavy atom. The number of hydrogen-bond donors (Lipinski definition) is 1. The van der Waals surface area contributed by atoms with Crippen LogP contribution in [0, 0.1) is 11.8 Å². The molecule has 0 radical (unpaired) electrons. The average Bonchev–Trinajstić information content (AvgIpc) is 2.97. The molecule has 0 bridgehead atoms. The Bertz CT molecular complexity index is 312. The molecule has 15 heavy (non-hydrogen) atoms. The van der Waals surface area contributed by atoms with Crippen LogP contribution in [-0.4, -0.2) is 28.8 Å². The third kappa shape index (κ3) is 1.47. The lowest BCUT2D eigenvalue weighted by Gasteiger charge is -2.37. The highest BCUT2D eigenvalue weighted by Crippen LogP contribution is 2.44. The molecule has 1 saturated carbocycles. The quantitative estimate of drug-likeness (QED) is 0.690. The number of hydrogen-bond acceptors (Lipinski definition) is 3. The molecule has 2 unspecified atom stereocenters. The molecular weight excluding hydrogens is 192 g/mol. The van der Waals surface area contributed by atoms with Gasteiger partial charge in [0, 0.05) is 18.9 Å². The molecule has 4 heteroatoms. The molecule has 4 nitrogen and oxygen atoms in total. The maximum absolute atomic E-state index is 11.9. The largest absolute Gasteiger partial charge is 0.328 e. The van der Waals surface area contributed by atoms with Crippen molar-refractivity contribution in [3.8, 4) is 0 Å². The summed E-state index contributed by atoms with van der Waals surface area (Å²) in [6.07, 6.45) is 2.51. The van der Waals surface area contributed by atoms with Crippen LogP contribution in [0.4, 0.5) is 0 Å². The molecule has 0 aromatic carbocycles. The van der Waals surface area contributed by atoms with E-state index < -0.39 is 5.54 Å². The third-order valence-corrected chi connectivity index (χ3v) is 3.75. The SMILES string of the molecule is CC1CC(=O)N(C(C)(CN)C2CC2)C1=O. The van der Waals surface area contributed by atoms with Gasteiger partial charge in [0.05, 0.1) is 5.54 Å². The first-order chi connectivity index (χ1) is 7.00. The van der Waals surface area contributed by atoms with Crippen molar-refractivity contribution >= 4 is 11.8 Å². The smallest absolute Gasteiger partial charge is 0.233 e. The van der Waals surface area contributed by atoms with Crippen LogP contribution in [0.15, 0.2) is 0 Å². The van der Waals surface area contributed by atoms with Gasteiger partial charge >= 0.3 is 0 Å². The topological polar surface area (TPSA) is 63.4 Å². The molecule has 1 heterocycles. The summed E-state index contributed by atoms with van der Waals surface area (Å²) >= 11 is 0. The van der Waals surface area contributed by atoms with Crippen LogP contribution >= 0.6 is 0 Å². The summed E-state index contributed by atoms with van der Waals surface area (Å²) in [7, 11) is 0. The van der Waals surface area contributed by atoms with Gasteiger partial charge < -0.3 is 5.73 Å². The Morgan fingerprint density at radius 3 is 2.40 bits per heavy atom. The van der Waals surface area contributed by atoms with Gasteiger partial charge in [-0.15, -0.1) is 0 Å². The average molecular weight is 210 g/mol. The molecule has 0 aromatic rings. The lowest BCUT2D eigenvalue weighted by atomic mass is 9.93. The van der Waals surface area contributed by atoms with Crippen molar-refractivity contribution in [2.45, 2.75) is 38.6 Å². The van der Waals surface area contributed by atoms with Crippen LogP contribution in [-0.2, 0) is 9.59 Å². The molecule has 2 N–H and O–H groups in total. The highest BCUT2D eigenvalue weighted by molar-refractivity contribution is 6.04. The number of rotatable bonds is 3. The standard InChI is InChI=1S/C11H18N2O2/c1-7-5-9(14)13(10(7)15)11(2,6-12)8-3-4-8/h7-8H,3-6,12H2,1-2H3. The summed E-state index contributed by atoms with van der Waals surface area (Å²) < 4.78 is 0. The number of amides is 2. The van der Waals surface area contributed by atoms with Gasteiger partial charge in [-0.1, -0.05) is 6.92 Å². The van der Waals surface area contributed by atoms with Crippen molar-refractivity contribution in [1.82, 2.24) is 4.90 Å². The monoisotopic (exact) mass is 210 g/mol. The van der Waals surface area contributed by atoms with Gasteiger partial charge in [-0.05, 0) is 25.7 Å². The number of imide groups is 1. The van der Waals surface area contributed by atoms with E-state index in [1.807, 2.05) is 13.8 Å². The summed E-state index contributed by atoms with van der Waals surface area (Å²) in [5.41, 5.74) is 5.32. The molecule has 2 amide bonds. The molecule has 1 saturated heterocycles. The Kier molecular flexibility index (Phi) is 2.34. The molecule has 2 fully saturated rings. The third-order valence-electron chi connectivity index (χ3n) is 3.75. The lowest BCUT2D eigenvalue weighted by Crippen LogP contribution is -2.56. The summed E-state index contributed by atoms with van der Waals surface area (Å²) in [6.45, 7) is 4.13. The number of nitrogens with two attached hydrogens (primary N) is 1. The molecule has 1 aliphatic carbocycles. The molecule has 1 aliphatic heterocycles. The van der Waals surface area contributed by atoms with Crippen LogP contribution in [0.3, 0.4) is 0 Å². The highest BCUT2D eigenvalue weighted by Gasteiger charge is 2.52. The van der Waals surface area contributed by atoms with Crippen LogP contribution in [0.2, 0.25) is 0 Å². The van der Waals surface area contributed by atoms with E-state index in [9.17, 15) is 9.59 Å². The number of carbonyl (C=O) groups excluding carboxylic acids is 2. The molecule has 84 valence electrons. The zero-order chi connectivity index (χ0) is 11.2. The van der Waals surface area contributed by atoms with E-state index in [2.05, 4.69) is 0 Å². The van der Waals surface area contributed by atoms with E-state index >= 15 is 0 Å². The van der Waals surface area contributed by atoms with Crippen LogP contribution < -0.4 is 5.73 Å². The fraction of sp³-hybridized carbons (Fsp3) is 0.818. The zero-order valence-corrected chi connectivity index (χ0v) is 9.32. The van der Waals surface area contributed by atoms with E-state index in [0.29, 0.717) is 18.9 Å². The van der Waals surface area contributed by atoms with Crippen LogP contribution in [0.1, 0.15) is 33.1 Å². The molecular formula is C11H18N2O2. The summed E-state index contributed by atoms with van der Waals surface area (Å²) in [5.74, 6) is 0.162. The fourth-order valence-corrected chi connectivity index (χ4v) is 2.47. The van der Waals surface area contributed by atoms with Crippen LogP contribution in [0.5, 0.6) is 0 Å². The maximum Gasteiger partial charge on any atom is 0.233 e. The number of likely N-dealkylation sites (tertiary alicyclic amines) is 1. The molecule has 0 aromatic heterocycles. The van der Waals surface area contributed by atoms with Gasteiger partial charge in [-0.2, -0.15) is 0 Å². The van der Waals surface area contributed by atoms with Gasteiger partial charge in [0.1, 0.15) is 0 Å². The van der Waals surface area contributed by atoms with Gasteiger partial charge in [-0.25, -0.2) is 0 Å². The predicted octanol–water partition coefficient (Wildman–Crippen LogP) is 0.509. The zero-order valence-electron chi connectivity index (χ0n) is 9.32. The van der Waals surface area contributed by atoms with Crippen molar-refractivity contribution in [2.24, 2.45) is 17.6 Å². The Labute approximate surface area is 89.8 Å². The van der Waals surface area contributed by atoms with E-state index in [-0.39, 0.29) is 17.7 Å². The Morgan fingerprint density at radius 1 is 1.47 bits per heavy atom. The minimum atomic E-state index is -0.432. The first-order valence-corrected chi connectivity index (χ1v) is 5.57. The van der Waals surface area contributed by atoms with Crippen LogP contribution in [0.25, 0.3) is 0 Å². The second kappa shape index (κ2) is 3.30. The number of nitrogens with zero attached hydrogens (tertiary/aromatic N) is 1.